The summed E-state index contributed by atoms with van der Waals surface area (Å²) in [4.78, 5) is 5.19. The normalized spacial score (nSPS) is 11.8. The van der Waals surface area contributed by atoms with Gasteiger partial charge in [0.05, 0.1) is 22.1 Å². The number of para-hydroxylation sites is 3. The Kier molecular flexibility index (Phi) is 6.48. The predicted octanol–water partition coefficient (Wildman–Crippen LogP) is 11.9. The van der Waals surface area contributed by atoms with Crippen LogP contribution in [0.4, 0.5) is 0 Å². The molecule has 0 N–H and O–H groups in total. The summed E-state index contributed by atoms with van der Waals surface area (Å²) in [5, 5.41) is 9.89. The van der Waals surface area contributed by atoms with Crippen molar-refractivity contribution >= 4 is 49.3 Å². The number of fused-ring (bicyclic) bond motifs is 7. The standard InChI is InChI=1S/C48H31N5/c1-3-13-32(14-4-1)33-24-26-45-41(30-33)42-31-34(25-27-46(42)52(45)36-16-5-2-6-17-36)38-21-12-28-51-48(38)49-47(50-51)35-15-11-18-37(29-35)53-43-22-9-7-19-39(43)40-20-8-10-23-44(40)53/h1-31H. The molecule has 0 unspecified atom stereocenters. The number of hydrogen-bond acceptors (Lipinski definition) is 2. The van der Waals surface area contributed by atoms with Crippen LogP contribution in [0.2, 0.25) is 0 Å². The molecule has 0 saturated heterocycles. The van der Waals surface area contributed by atoms with Gasteiger partial charge in [0.2, 0.25) is 0 Å². The van der Waals surface area contributed by atoms with E-state index >= 15 is 0 Å². The van der Waals surface area contributed by atoms with Crippen LogP contribution in [-0.4, -0.2) is 23.7 Å². The lowest BCUT2D eigenvalue weighted by molar-refractivity contribution is 0.966. The molecule has 0 aliphatic carbocycles. The summed E-state index contributed by atoms with van der Waals surface area (Å²) >= 11 is 0. The minimum absolute atomic E-state index is 0.689. The molecule has 0 spiro atoms. The molecule has 0 fully saturated rings. The minimum Gasteiger partial charge on any atom is -0.309 e. The second-order valence-electron chi connectivity index (χ2n) is 13.5. The molecule has 4 aromatic heterocycles. The van der Waals surface area contributed by atoms with Gasteiger partial charge in [0.25, 0.3) is 0 Å². The van der Waals surface area contributed by atoms with E-state index in [1.165, 1.54) is 49.2 Å². The molecule has 4 heterocycles. The van der Waals surface area contributed by atoms with Crippen molar-refractivity contribution in [2.45, 2.75) is 0 Å². The van der Waals surface area contributed by atoms with Crippen molar-refractivity contribution in [1.29, 1.82) is 0 Å². The quantitative estimate of drug-likeness (QED) is 0.182. The molecule has 0 amide bonds. The molecule has 0 atom stereocenters. The average molecular weight is 678 g/mol. The lowest BCUT2D eigenvalue weighted by Crippen LogP contribution is -1.94. The van der Waals surface area contributed by atoms with Crippen LogP contribution in [0.25, 0.3) is 94.3 Å². The van der Waals surface area contributed by atoms with E-state index in [0.717, 1.165) is 39.2 Å². The molecule has 7 aromatic carbocycles. The van der Waals surface area contributed by atoms with Gasteiger partial charge in [0.1, 0.15) is 0 Å². The van der Waals surface area contributed by atoms with E-state index in [2.05, 4.69) is 191 Å². The summed E-state index contributed by atoms with van der Waals surface area (Å²) in [7, 11) is 0. The van der Waals surface area contributed by atoms with Crippen molar-refractivity contribution in [2.24, 2.45) is 0 Å². The van der Waals surface area contributed by atoms with E-state index in [-0.39, 0.29) is 0 Å². The van der Waals surface area contributed by atoms with Crippen LogP contribution >= 0.6 is 0 Å². The first-order chi connectivity index (χ1) is 26.3. The maximum absolute atomic E-state index is 5.19. The van der Waals surface area contributed by atoms with E-state index in [1.54, 1.807) is 0 Å². The van der Waals surface area contributed by atoms with Gasteiger partial charge >= 0.3 is 0 Å². The van der Waals surface area contributed by atoms with Gasteiger partial charge in [-0.1, -0.05) is 109 Å². The van der Waals surface area contributed by atoms with Gasteiger partial charge in [-0.3, -0.25) is 0 Å². The molecule has 11 rings (SSSR count). The SMILES string of the molecule is c1ccc(-c2ccc3c(c2)c2cc(-c4cccn5nc(-c6cccc(-n7c8ccccc8c8ccccc87)c6)nc45)ccc2n3-c2ccccc2)cc1. The average Bonchev–Trinajstić information content (AvgIpc) is 3.92. The van der Waals surface area contributed by atoms with Crippen LogP contribution in [0.3, 0.4) is 0 Å². The fourth-order valence-electron chi connectivity index (χ4n) is 8.09. The highest BCUT2D eigenvalue weighted by molar-refractivity contribution is 6.12. The number of hydrogen-bond donors (Lipinski definition) is 0. The van der Waals surface area contributed by atoms with Gasteiger partial charge in [-0.2, -0.15) is 0 Å². The second kappa shape index (κ2) is 11.7. The van der Waals surface area contributed by atoms with E-state index in [0.29, 0.717) is 5.82 Å². The first kappa shape index (κ1) is 29.5. The highest BCUT2D eigenvalue weighted by atomic mass is 15.3. The third-order valence-electron chi connectivity index (χ3n) is 10.5. The summed E-state index contributed by atoms with van der Waals surface area (Å²) in [6, 6.07) is 64.7. The maximum atomic E-state index is 5.19. The Balaban J connectivity index is 1.06. The summed E-state index contributed by atoms with van der Waals surface area (Å²) in [5.41, 5.74) is 13.2. The topological polar surface area (TPSA) is 40.1 Å². The summed E-state index contributed by atoms with van der Waals surface area (Å²) < 4.78 is 6.60. The summed E-state index contributed by atoms with van der Waals surface area (Å²) in [6.45, 7) is 0. The van der Waals surface area contributed by atoms with Crippen molar-refractivity contribution in [1.82, 2.24) is 23.7 Å². The molecule has 11 aromatic rings. The largest absolute Gasteiger partial charge is 0.309 e. The molecule has 0 aliphatic rings. The highest BCUT2D eigenvalue weighted by Gasteiger charge is 2.18. The zero-order chi connectivity index (χ0) is 34.9. The third-order valence-corrected chi connectivity index (χ3v) is 10.5. The van der Waals surface area contributed by atoms with Crippen LogP contribution < -0.4 is 0 Å². The van der Waals surface area contributed by atoms with E-state index in [9.17, 15) is 0 Å². The van der Waals surface area contributed by atoms with E-state index in [4.69, 9.17) is 10.1 Å². The van der Waals surface area contributed by atoms with Gasteiger partial charge in [-0.25, -0.2) is 9.50 Å². The van der Waals surface area contributed by atoms with E-state index in [1.807, 2.05) is 10.7 Å². The zero-order valence-corrected chi connectivity index (χ0v) is 28.6. The monoisotopic (exact) mass is 677 g/mol. The molecule has 53 heavy (non-hydrogen) atoms. The first-order valence-electron chi connectivity index (χ1n) is 17.9. The first-order valence-corrected chi connectivity index (χ1v) is 17.9. The Morgan fingerprint density at radius 2 is 0.925 bits per heavy atom. The molecule has 0 radical (unpaired) electrons. The molecule has 0 saturated carbocycles. The van der Waals surface area contributed by atoms with Crippen molar-refractivity contribution in [3.8, 4) is 45.0 Å². The van der Waals surface area contributed by atoms with Crippen molar-refractivity contribution in [3.63, 3.8) is 0 Å². The van der Waals surface area contributed by atoms with Gasteiger partial charge in [0, 0.05) is 50.2 Å². The Morgan fingerprint density at radius 3 is 1.66 bits per heavy atom. The lowest BCUT2D eigenvalue weighted by atomic mass is 10.0. The molecule has 248 valence electrons. The van der Waals surface area contributed by atoms with Crippen LogP contribution in [-0.2, 0) is 0 Å². The number of rotatable bonds is 5. The van der Waals surface area contributed by atoms with Crippen LogP contribution in [0, 0.1) is 0 Å². The summed E-state index contributed by atoms with van der Waals surface area (Å²) in [5.74, 6) is 0.689. The number of nitrogens with zero attached hydrogens (tertiary/aromatic N) is 5. The minimum atomic E-state index is 0.689. The highest BCUT2D eigenvalue weighted by Crippen LogP contribution is 2.38. The molecule has 5 nitrogen and oxygen atoms in total. The van der Waals surface area contributed by atoms with Crippen LogP contribution in [0.1, 0.15) is 0 Å². The van der Waals surface area contributed by atoms with Crippen LogP contribution in [0.5, 0.6) is 0 Å². The van der Waals surface area contributed by atoms with Gasteiger partial charge in [0.15, 0.2) is 11.5 Å². The number of pyridine rings is 1. The van der Waals surface area contributed by atoms with E-state index < -0.39 is 0 Å². The van der Waals surface area contributed by atoms with Crippen molar-refractivity contribution in [3.05, 3.63) is 188 Å². The molecular weight excluding hydrogens is 647 g/mol. The van der Waals surface area contributed by atoms with Gasteiger partial charge < -0.3 is 9.13 Å². The van der Waals surface area contributed by atoms with Gasteiger partial charge in [-0.15, -0.1) is 5.10 Å². The Labute approximate surface area is 305 Å². The molecule has 0 aliphatic heterocycles. The molecule has 5 heteroatoms. The maximum Gasteiger partial charge on any atom is 0.182 e. The fourth-order valence-corrected chi connectivity index (χ4v) is 8.09. The Morgan fingerprint density at radius 1 is 0.358 bits per heavy atom. The lowest BCUT2D eigenvalue weighted by Gasteiger charge is -2.09. The Hall–Kier alpha value is -7.24. The fraction of sp³-hybridized carbons (Fsp3) is 0. The number of aromatic nitrogens is 5. The van der Waals surface area contributed by atoms with Crippen LogP contribution in [0.15, 0.2) is 188 Å². The predicted molar refractivity (Wildman–Crippen MR) is 218 cm³/mol. The smallest absolute Gasteiger partial charge is 0.182 e. The van der Waals surface area contributed by atoms with Crippen molar-refractivity contribution < 1.29 is 0 Å². The zero-order valence-electron chi connectivity index (χ0n) is 28.6. The third kappa shape index (κ3) is 4.64. The van der Waals surface area contributed by atoms with Crippen molar-refractivity contribution in [2.75, 3.05) is 0 Å². The molecule has 0 bridgehead atoms. The second-order valence-corrected chi connectivity index (χ2v) is 13.5. The summed E-state index contributed by atoms with van der Waals surface area (Å²) in [6.07, 6.45) is 1.98. The molecular formula is C48H31N5. The number of benzene rings is 7. The van der Waals surface area contributed by atoms with Gasteiger partial charge in [-0.05, 0) is 89.5 Å². The Bertz CT molecular complexity index is 3110.